The number of rotatable bonds is 7. The topological polar surface area (TPSA) is 83.8 Å². The summed E-state index contributed by atoms with van der Waals surface area (Å²) in [7, 11) is -4.27. The van der Waals surface area contributed by atoms with Gasteiger partial charge in [-0.3, -0.25) is 4.55 Å². The number of aliphatic hydroxyl groups is 1. The second-order valence-corrected chi connectivity index (χ2v) is 4.26. The lowest BCUT2D eigenvalue weighted by Gasteiger charge is -2.11. The molecule has 0 aliphatic heterocycles. The van der Waals surface area contributed by atoms with Crippen LogP contribution >= 0.6 is 0 Å². The summed E-state index contributed by atoms with van der Waals surface area (Å²) in [6.45, 7) is 1.52. The summed E-state index contributed by atoms with van der Waals surface area (Å²) in [5.41, 5.74) is -1.50. The first-order valence-corrected chi connectivity index (χ1v) is 5.71. The van der Waals surface area contributed by atoms with Crippen LogP contribution in [0.1, 0.15) is 26.2 Å². The molecule has 0 radical (unpaired) electrons. The van der Waals surface area contributed by atoms with E-state index in [1.807, 2.05) is 6.92 Å². The maximum absolute atomic E-state index is 10.5. The second-order valence-electron chi connectivity index (χ2n) is 2.71. The van der Waals surface area contributed by atoms with Crippen molar-refractivity contribution >= 4 is 10.1 Å². The van der Waals surface area contributed by atoms with Gasteiger partial charge in [0.1, 0.15) is 0 Å². The summed E-state index contributed by atoms with van der Waals surface area (Å²) < 4.78 is 34.3. The van der Waals surface area contributed by atoms with Crippen molar-refractivity contribution in [2.24, 2.45) is 0 Å². The van der Waals surface area contributed by atoms with Gasteiger partial charge >= 0.3 is 0 Å². The Kier molecular flexibility index (Phi) is 6.23. The fraction of sp³-hybridized carbons (Fsp3) is 1.00. The molecule has 6 heteroatoms. The Morgan fingerprint density at radius 3 is 2.38 bits per heavy atom. The molecular weight excluding hydrogens is 196 g/mol. The second kappa shape index (κ2) is 6.31. The fourth-order valence-electron chi connectivity index (χ4n) is 0.800. The van der Waals surface area contributed by atoms with Gasteiger partial charge in [-0.15, -0.1) is 0 Å². The van der Waals surface area contributed by atoms with Gasteiger partial charge in [0.25, 0.3) is 10.1 Å². The SMILES string of the molecule is CCCCCOC(CO)S(=O)(=O)O. The van der Waals surface area contributed by atoms with Crippen LogP contribution in [0, 0.1) is 0 Å². The monoisotopic (exact) mass is 212 g/mol. The molecule has 0 fully saturated rings. The zero-order valence-corrected chi connectivity index (χ0v) is 8.46. The standard InChI is InChI=1S/C7H16O5S/c1-2-3-4-5-12-7(6-8)13(9,10)11/h7-8H,2-6H2,1H3,(H,9,10,11). The lowest BCUT2D eigenvalue weighted by Crippen LogP contribution is -2.28. The van der Waals surface area contributed by atoms with E-state index < -0.39 is 22.2 Å². The Bertz CT molecular complexity index is 211. The number of hydrogen-bond acceptors (Lipinski definition) is 4. The predicted octanol–water partition coefficient (Wildman–Crippen LogP) is 0.399. The first-order valence-electron chi connectivity index (χ1n) is 4.21. The summed E-state index contributed by atoms with van der Waals surface area (Å²) in [5.74, 6) is 0. The third-order valence-electron chi connectivity index (χ3n) is 1.53. The molecule has 0 saturated carbocycles. The van der Waals surface area contributed by atoms with Crippen molar-refractivity contribution in [2.75, 3.05) is 13.2 Å². The molecule has 80 valence electrons. The van der Waals surface area contributed by atoms with E-state index in [9.17, 15) is 8.42 Å². The molecule has 5 nitrogen and oxygen atoms in total. The van der Waals surface area contributed by atoms with Crippen LogP contribution < -0.4 is 0 Å². The molecule has 0 heterocycles. The predicted molar refractivity (Wildman–Crippen MR) is 47.9 cm³/mol. The van der Waals surface area contributed by atoms with Crippen molar-refractivity contribution in [3.05, 3.63) is 0 Å². The summed E-state index contributed by atoms with van der Waals surface area (Å²) in [5, 5.41) is 8.55. The molecule has 0 spiro atoms. The normalized spacial score (nSPS) is 14.4. The quantitative estimate of drug-likeness (QED) is 0.471. The smallest absolute Gasteiger partial charge is 0.294 e. The Morgan fingerprint density at radius 2 is 2.00 bits per heavy atom. The van der Waals surface area contributed by atoms with E-state index in [4.69, 9.17) is 14.4 Å². The van der Waals surface area contributed by atoms with Crippen LogP contribution in [-0.2, 0) is 14.9 Å². The number of unbranched alkanes of at least 4 members (excludes halogenated alkanes) is 2. The van der Waals surface area contributed by atoms with Crippen LogP contribution in [0.5, 0.6) is 0 Å². The highest BCUT2D eigenvalue weighted by Crippen LogP contribution is 2.02. The highest BCUT2D eigenvalue weighted by Gasteiger charge is 2.21. The molecule has 13 heavy (non-hydrogen) atoms. The lowest BCUT2D eigenvalue weighted by molar-refractivity contribution is 0.0549. The maximum atomic E-state index is 10.5. The van der Waals surface area contributed by atoms with E-state index in [0.717, 1.165) is 19.3 Å². The van der Waals surface area contributed by atoms with Crippen LogP contribution in [0.2, 0.25) is 0 Å². The summed E-state index contributed by atoms with van der Waals surface area (Å²) >= 11 is 0. The molecule has 2 N–H and O–H groups in total. The average Bonchev–Trinajstić information content (AvgIpc) is 2.02. The third kappa shape index (κ3) is 5.98. The van der Waals surface area contributed by atoms with Crippen LogP contribution in [0.4, 0.5) is 0 Å². The number of ether oxygens (including phenoxy) is 1. The first-order chi connectivity index (χ1) is 6.02. The molecule has 0 saturated heterocycles. The lowest BCUT2D eigenvalue weighted by atomic mass is 10.3. The van der Waals surface area contributed by atoms with Crippen molar-refractivity contribution in [3.8, 4) is 0 Å². The largest absolute Gasteiger partial charge is 0.392 e. The van der Waals surface area contributed by atoms with Crippen molar-refractivity contribution in [1.29, 1.82) is 0 Å². The van der Waals surface area contributed by atoms with Crippen molar-refractivity contribution in [3.63, 3.8) is 0 Å². The number of hydrogen-bond donors (Lipinski definition) is 2. The van der Waals surface area contributed by atoms with E-state index in [0.29, 0.717) is 0 Å². The molecule has 0 rings (SSSR count). The Morgan fingerprint density at radius 1 is 1.38 bits per heavy atom. The van der Waals surface area contributed by atoms with Gasteiger partial charge in [0.2, 0.25) is 5.44 Å². The van der Waals surface area contributed by atoms with Crippen LogP contribution in [0.3, 0.4) is 0 Å². The van der Waals surface area contributed by atoms with Crippen LogP contribution in [0.25, 0.3) is 0 Å². The number of aliphatic hydroxyl groups excluding tert-OH is 1. The molecule has 0 bridgehead atoms. The van der Waals surface area contributed by atoms with Gasteiger partial charge in [0.15, 0.2) is 0 Å². The Balaban J connectivity index is 3.74. The summed E-state index contributed by atoms with van der Waals surface area (Å²) in [4.78, 5) is 0. The Labute approximate surface area is 78.5 Å². The van der Waals surface area contributed by atoms with E-state index >= 15 is 0 Å². The van der Waals surface area contributed by atoms with Gasteiger partial charge < -0.3 is 9.84 Å². The molecule has 0 aliphatic rings. The molecule has 0 aliphatic carbocycles. The molecular formula is C7H16O5S. The highest BCUT2D eigenvalue weighted by molar-refractivity contribution is 7.86. The molecule has 0 aromatic rings. The van der Waals surface area contributed by atoms with Crippen molar-refractivity contribution < 1.29 is 22.8 Å². The highest BCUT2D eigenvalue weighted by atomic mass is 32.2. The molecule has 1 atom stereocenters. The minimum absolute atomic E-state index is 0.235. The third-order valence-corrected chi connectivity index (χ3v) is 2.48. The van der Waals surface area contributed by atoms with Gasteiger partial charge in [-0.25, -0.2) is 0 Å². The van der Waals surface area contributed by atoms with E-state index in [2.05, 4.69) is 0 Å². The fourth-order valence-corrected chi connectivity index (χ4v) is 1.26. The summed E-state index contributed by atoms with van der Waals surface area (Å²) in [6.07, 6.45) is 2.66. The molecule has 0 amide bonds. The zero-order chi connectivity index (χ0) is 10.3. The van der Waals surface area contributed by atoms with Gasteiger partial charge in [-0.05, 0) is 6.42 Å². The Hall–Kier alpha value is -0.170. The van der Waals surface area contributed by atoms with Gasteiger partial charge in [0.05, 0.1) is 6.61 Å². The average molecular weight is 212 g/mol. The summed E-state index contributed by atoms with van der Waals surface area (Å²) in [6, 6.07) is 0. The van der Waals surface area contributed by atoms with Crippen molar-refractivity contribution in [1.82, 2.24) is 0 Å². The van der Waals surface area contributed by atoms with E-state index in [1.54, 1.807) is 0 Å². The van der Waals surface area contributed by atoms with E-state index in [1.165, 1.54) is 0 Å². The van der Waals surface area contributed by atoms with Gasteiger partial charge in [-0.1, -0.05) is 19.8 Å². The molecule has 0 aromatic carbocycles. The molecule has 1 unspecified atom stereocenters. The van der Waals surface area contributed by atoms with E-state index in [-0.39, 0.29) is 6.61 Å². The van der Waals surface area contributed by atoms with Gasteiger partial charge in [0, 0.05) is 6.61 Å². The zero-order valence-electron chi connectivity index (χ0n) is 7.64. The van der Waals surface area contributed by atoms with Crippen LogP contribution in [0.15, 0.2) is 0 Å². The minimum Gasteiger partial charge on any atom is -0.392 e. The first kappa shape index (κ1) is 12.8. The van der Waals surface area contributed by atoms with Crippen molar-refractivity contribution in [2.45, 2.75) is 31.6 Å². The maximum Gasteiger partial charge on any atom is 0.294 e. The van der Waals surface area contributed by atoms with Crippen LogP contribution in [-0.4, -0.2) is 36.7 Å². The van der Waals surface area contributed by atoms with Gasteiger partial charge in [-0.2, -0.15) is 8.42 Å². The molecule has 0 aromatic heterocycles. The minimum atomic E-state index is -4.27.